The van der Waals surface area contributed by atoms with Gasteiger partial charge in [-0.15, -0.1) is 11.6 Å². The first-order valence-electron chi connectivity index (χ1n) is 5.23. The Kier molecular flexibility index (Phi) is 5.12. The van der Waals surface area contributed by atoms with Gasteiger partial charge in [-0.25, -0.2) is 0 Å². The minimum atomic E-state index is -0.0863. The number of ether oxygens (including phenoxy) is 1. The van der Waals surface area contributed by atoms with Crippen LogP contribution in [0.3, 0.4) is 0 Å². The molecule has 16 heavy (non-hydrogen) atoms. The van der Waals surface area contributed by atoms with Gasteiger partial charge < -0.3 is 9.64 Å². The Hall–Kier alpha value is -1.22. The third kappa shape index (κ3) is 3.14. The lowest BCUT2D eigenvalue weighted by molar-refractivity contribution is -0.116. The van der Waals surface area contributed by atoms with Crippen LogP contribution in [0.15, 0.2) is 24.3 Å². The van der Waals surface area contributed by atoms with Crippen LogP contribution >= 0.6 is 11.6 Å². The van der Waals surface area contributed by atoms with Crippen molar-refractivity contribution in [3.05, 3.63) is 24.3 Å². The van der Waals surface area contributed by atoms with E-state index >= 15 is 0 Å². The third-order valence-electron chi connectivity index (χ3n) is 2.23. The molecule has 0 saturated heterocycles. The summed E-state index contributed by atoms with van der Waals surface area (Å²) in [7, 11) is 1.60. The highest BCUT2D eigenvalue weighted by molar-refractivity contribution is 6.29. The third-order valence-corrected chi connectivity index (χ3v) is 2.46. The standard InChI is InChI=1S/C12H16ClNO2/c1-3-7-14(12(15)9-13)10-5-4-6-11(8-10)16-2/h4-6,8H,3,7,9H2,1-2H3. The molecule has 1 amide bonds. The number of hydrogen-bond acceptors (Lipinski definition) is 2. The predicted molar refractivity (Wildman–Crippen MR) is 66.4 cm³/mol. The Morgan fingerprint density at radius 2 is 2.25 bits per heavy atom. The topological polar surface area (TPSA) is 29.5 Å². The fraction of sp³-hybridized carbons (Fsp3) is 0.417. The first kappa shape index (κ1) is 12.8. The van der Waals surface area contributed by atoms with Crippen molar-refractivity contribution < 1.29 is 9.53 Å². The van der Waals surface area contributed by atoms with E-state index in [0.717, 1.165) is 17.9 Å². The number of amides is 1. The van der Waals surface area contributed by atoms with Crippen LogP contribution in [0.2, 0.25) is 0 Å². The number of hydrogen-bond donors (Lipinski definition) is 0. The molecule has 88 valence electrons. The molecule has 3 nitrogen and oxygen atoms in total. The number of anilines is 1. The van der Waals surface area contributed by atoms with E-state index in [-0.39, 0.29) is 11.8 Å². The lowest BCUT2D eigenvalue weighted by Crippen LogP contribution is -2.32. The second-order valence-electron chi connectivity index (χ2n) is 3.38. The van der Waals surface area contributed by atoms with E-state index in [0.29, 0.717) is 6.54 Å². The molecule has 1 aromatic rings. The normalized spacial score (nSPS) is 9.94. The molecule has 0 N–H and O–H groups in total. The molecule has 1 aromatic carbocycles. The number of nitrogens with zero attached hydrogens (tertiary/aromatic N) is 1. The van der Waals surface area contributed by atoms with Gasteiger partial charge in [-0.05, 0) is 18.6 Å². The van der Waals surface area contributed by atoms with Crippen LogP contribution in [-0.2, 0) is 4.79 Å². The molecule has 0 atom stereocenters. The Bertz CT molecular complexity index is 355. The van der Waals surface area contributed by atoms with Gasteiger partial charge in [0.15, 0.2) is 0 Å². The smallest absolute Gasteiger partial charge is 0.241 e. The Balaban J connectivity index is 2.95. The van der Waals surface area contributed by atoms with Crippen molar-refractivity contribution in [2.75, 3.05) is 24.4 Å². The molecule has 0 heterocycles. The maximum Gasteiger partial charge on any atom is 0.241 e. The van der Waals surface area contributed by atoms with Gasteiger partial charge in [0.2, 0.25) is 5.91 Å². The first-order valence-corrected chi connectivity index (χ1v) is 5.76. The van der Waals surface area contributed by atoms with Gasteiger partial charge in [-0.2, -0.15) is 0 Å². The Morgan fingerprint density at radius 1 is 1.50 bits per heavy atom. The predicted octanol–water partition coefficient (Wildman–Crippen LogP) is 2.68. The molecule has 0 radical (unpaired) electrons. The van der Waals surface area contributed by atoms with Crippen LogP contribution < -0.4 is 9.64 Å². The molecule has 0 aliphatic rings. The molecular weight excluding hydrogens is 226 g/mol. The van der Waals surface area contributed by atoms with Crippen LogP contribution in [0.1, 0.15) is 13.3 Å². The van der Waals surface area contributed by atoms with Crippen molar-refractivity contribution in [1.29, 1.82) is 0 Å². The number of carbonyl (C=O) groups is 1. The van der Waals surface area contributed by atoms with Crippen molar-refractivity contribution in [2.45, 2.75) is 13.3 Å². The van der Waals surface area contributed by atoms with Gasteiger partial charge in [-0.1, -0.05) is 13.0 Å². The molecular formula is C12H16ClNO2. The van der Waals surface area contributed by atoms with Crippen molar-refractivity contribution >= 4 is 23.2 Å². The number of rotatable bonds is 5. The Morgan fingerprint density at radius 3 is 2.81 bits per heavy atom. The monoisotopic (exact) mass is 241 g/mol. The molecule has 0 aliphatic heterocycles. The fourth-order valence-corrected chi connectivity index (χ4v) is 1.62. The van der Waals surface area contributed by atoms with E-state index in [1.165, 1.54) is 0 Å². The number of benzene rings is 1. The largest absolute Gasteiger partial charge is 0.497 e. The molecule has 0 unspecified atom stereocenters. The van der Waals surface area contributed by atoms with Gasteiger partial charge in [0.1, 0.15) is 11.6 Å². The number of halogens is 1. The van der Waals surface area contributed by atoms with E-state index in [4.69, 9.17) is 16.3 Å². The number of carbonyl (C=O) groups excluding carboxylic acids is 1. The van der Waals surface area contributed by atoms with Gasteiger partial charge in [0.05, 0.1) is 7.11 Å². The van der Waals surface area contributed by atoms with E-state index in [1.54, 1.807) is 12.0 Å². The average Bonchev–Trinajstić information content (AvgIpc) is 2.35. The lowest BCUT2D eigenvalue weighted by atomic mass is 10.2. The first-order chi connectivity index (χ1) is 7.72. The fourth-order valence-electron chi connectivity index (χ4n) is 1.47. The zero-order valence-electron chi connectivity index (χ0n) is 9.57. The van der Waals surface area contributed by atoms with Crippen molar-refractivity contribution in [2.24, 2.45) is 0 Å². The molecule has 0 bridgehead atoms. The molecule has 0 aromatic heterocycles. The summed E-state index contributed by atoms with van der Waals surface area (Å²) in [4.78, 5) is 13.3. The molecule has 0 aliphatic carbocycles. The summed E-state index contributed by atoms with van der Waals surface area (Å²) < 4.78 is 5.13. The van der Waals surface area contributed by atoms with Crippen LogP contribution in [0.25, 0.3) is 0 Å². The highest BCUT2D eigenvalue weighted by atomic mass is 35.5. The average molecular weight is 242 g/mol. The zero-order valence-corrected chi connectivity index (χ0v) is 10.3. The lowest BCUT2D eigenvalue weighted by Gasteiger charge is -2.21. The van der Waals surface area contributed by atoms with E-state index in [9.17, 15) is 4.79 Å². The summed E-state index contributed by atoms with van der Waals surface area (Å²) in [5.41, 5.74) is 0.826. The summed E-state index contributed by atoms with van der Waals surface area (Å²) in [5.74, 6) is 0.648. The summed E-state index contributed by atoms with van der Waals surface area (Å²) in [5, 5.41) is 0. The van der Waals surface area contributed by atoms with Crippen LogP contribution in [0.4, 0.5) is 5.69 Å². The van der Waals surface area contributed by atoms with Crippen molar-refractivity contribution in [3.63, 3.8) is 0 Å². The maximum absolute atomic E-state index is 11.7. The minimum absolute atomic E-state index is 0.00277. The summed E-state index contributed by atoms with van der Waals surface area (Å²) in [6.45, 7) is 2.69. The second-order valence-corrected chi connectivity index (χ2v) is 3.65. The summed E-state index contributed by atoms with van der Waals surface area (Å²) >= 11 is 5.58. The van der Waals surface area contributed by atoms with E-state index < -0.39 is 0 Å². The summed E-state index contributed by atoms with van der Waals surface area (Å²) in [6.07, 6.45) is 0.889. The zero-order chi connectivity index (χ0) is 12.0. The number of methoxy groups -OCH3 is 1. The van der Waals surface area contributed by atoms with Gasteiger partial charge in [-0.3, -0.25) is 4.79 Å². The van der Waals surface area contributed by atoms with Crippen LogP contribution in [0.5, 0.6) is 5.75 Å². The van der Waals surface area contributed by atoms with Gasteiger partial charge in [0, 0.05) is 18.3 Å². The minimum Gasteiger partial charge on any atom is -0.497 e. The molecule has 1 rings (SSSR count). The van der Waals surface area contributed by atoms with Crippen LogP contribution in [-0.4, -0.2) is 25.4 Å². The molecule has 0 fully saturated rings. The van der Waals surface area contributed by atoms with Gasteiger partial charge in [0.25, 0.3) is 0 Å². The van der Waals surface area contributed by atoms with E-state index in [2.05, 4.69) is 0 Å². The second kappa shape index (κ2) is 6.38. The molecule has 0 saturated carbocycles. The van der Waals surface area contributed by atoms with E-state index in [1.807, 2.05) is 31.2 Å². The Labute approximate surface area is 101 Å². The van der Waals surface area contributed by atoms with Crippen molar-refractivity contribution in [1.82, 2.24) is 0 Å². The SMILES string of the molecule is CCCN(C(=O)CCl)c1cccc(OC)c1. The van der Waals surface area contributed by atoms with Gasteiger partial charge >= 0.3 is 0 Å². The highest BCUT2D eigenvalue weighted by Crippen LogP contribution is 2.21. The molecule has 4 heteroatoms. The quantitative estimate of drug-likeness (QED) is 0.742. The highest BCUT2D eigenvalue weighted by Gasteiger charge is 2.13. The number of alkyl halides is 1. The summed E-state index contributed by atoms with van der Waals surface area (Å²) in [6, 6.07) is 7.42. The maximum atomic E-state index is 11.7. The van der Waals surface area contributed by atoms with Crippen LogP contribution in [0, 0.1) is 0 Å². The van der Waals surface area contributed by atoms with Crippen molar-refractivity contribution in [3.8, 4) is 5.75 Å². The molecule has 0 spiro atoms.